The molecule has 0 bridgehead atoms. The van der Waals surface area contributed by atoms with Crippen molar-refractivity contribution >= 4 is 23.6 Å². The third-order valence-electron chi connectivity index (χ3n) is 4.02. The average Bonchev–Trinajstić information content (AvgIpc) is 3.17. The van der Waals surface area contributed by atoms with Crippen molar-refractivity contribution in [3.8, 4) is 0 Å². The lowest BCUT2D eigenvalue weighted by Gasteiger charge is -2.34. The van der Waals surface area contributed by atoms with Crippen LogP contribution >= 0.6 is 11.8 Å². The van der Waals surface area contributed by atoms with Crippen LogP contribution in [0.5, 0.6) is 0 Å². The van der Waals surface area contributed by atoms with Gasteiger partial charge in [0.15, 0.2) is 0 Å². The first-order valence-electron chi connectivity index (χ1n) is 7.52. The molecule has 1 aliphatic carbocycles. The van der Waals surface area contributed by atoms with E-state index in [1.807, 2.05) is 15.9 Å². The van der Waals surface area contributed by atoms with Crippen LogP contribution in [0.3, 0.4) is 0 Å². The number of hydrogen-bond donors (Lipinski definition) is 1. The second-order valence-electron chi connectivity index (χ2n) is 5.72. The summed E-state index contributed by atoms with van der Waals surface area (Å²) >= 11 is 1.75. The Hall–Kier alpha value is -1.43. The van der Waals surface area contributed by atoms with E-state index < -0.39 is 0 Å². The van der Waals surface area contributed by atoms with Gasteiger partial charge < -0.3 is 14.8 Å². The summed E-state index contributed by atoms with van der Waals surface area (Å²) in [7, 11) is 0. The Morgan fingerprint density at radius 3 is 2.52 bits per heavy atom. The van der Waals surface area contributed by atoms with Crippen molar-refractivity contribution in [2.24, 2.45) is 5.92 Å². The van der Waals surface area contributed by atoms with E-state index in [1.165, 1.54) is 12.8 Å². The van der Waals surface area contributed by atoms with Crippen molar-refractivity contribution in [1.82, 2.24) is 14.8 Å². The number of hydrogen-bond acceptors (Lipinski definition) is 3. The van der Waals surface area contributed by atoms with E-state index in [-0.39, 0.29) is 11.8 Å². The van der Waals surface area contributed by atoms with Crippen molar-refractivity contribution in [2.75, 3.05) is 37.7 Å². The highest BCUT2D eigenvalue weighted by Gasteiger charge is 2.26. The fraction of sp³-hybridized carbons (Fsp3) is 0.600. The molecule has 2 aliphatic rings. The number of carbonyl (C=O) groups excluding carboxylic acids is 2. The highest BCUT2D eigenvalue weighted by Crippen LogP contribution is 2.32. The van der Waals surface area contributed by atoms with Crippen molar-refractivity contribution < 1.29 is 9.59 Å². The predicted octanol–water partition coefficient (Wildman–Crippen LogP) is 1.44. The van der Waals surface area contributed by atoms with E-state index in [1.54, 1.807) is 24.0 Å². The molecule has 5 nitrogen and oxygen atoms in total. The molecule has 0 atom stereocenters. The second-order valence-corrected chi connectivity index (χ2v) is 6.75. The zero-order valence-electron chi connectivity index (χ0n) is 12.1. The van der Waals surface area contributed by atoms with Gasteiger partial charge in [0.1, 0.15) is 5.69 Å². The van der Waals surface area contributed by atoms with Gasteiger partial charge in [-0.05, 0) is 36.6 Å². The molecule has 6 heteroatoms. The Labute approximate surface area is 129 Å². The Bertz CT molecular complexity index is 491. The van der Waals surface area contributed by atoms with Gasteiger partial charge in [0, 0.05) is 32.4 Å². The third kappa shape index (κ3) is 3.81. The molecule has 1 saturated heterocycles. The van der Waals surface area contributed by atoms with E-state index in [4.69, 9.17) is 0 Å². The second kappa shape index (κ2) is 6.56. The molecule has 114 valence electrons. The van der Waals surface area contributed by atoms with E-state index >= 15 is 0 Å². The van der Waals surface area contributed by atoms with Crippen LogP contribution in [0, 0.1) is 5.92 Å². The molecule has 1 aromatic rings. The minimum absolute atomic E-state index is 0.0233. The summed E-state index contributed by atoms with van der Waals surface area (Å²) in [6.07, 6.45) is 4.42. The van der Waals surface area contributed by atoms with Crippen molar-refractivity contribution in [1.29, 1.82) is 0 Å². The largest absolute Gasteiger partial charge is 0.357 e. The first-order valence-corrected chi connectivity index (χ1v) is 8.67. The van der Waals surface area contributed by atoms with Gasteiger partial charge >= 0.3 is 0 Å². The Kier molecular flexibility index (Phi) is 4.53. The molecule has 3 rings (SSSR count). The van der Waals surface area contributed by atoms with E-state index in [2.05, 4.69) is 4.98 Å². The fourth-order valence-corrected chi connectivity index (χ4v) is 3.62. The molecule has 0 spiro atoms. The van der Waals surface area contributed by atoms with Gasteiger partial charge in [-0.15, -0.1) is 0 Å². The van der Waals surface area contributed by atoms with Crippen LogP contribution in [0.25, 0.3) is 0 Å². The molecule has 1 aliphatic heterocycles. The number of aromatic amines is 1. The number of amides is 2. The average molecular weight is 307 g/mol. The van der Waals surface area contributed by atoms with Gasteiger partial charge in [0.25, 0.3) is 5.91 Å². The van der Waals surface area contributed by atoms with E-state index in [0.717, 1.165) is 11.7 Å². The van der Waals surface area contributed by atoms with Crippen molar-refractivity contribution in [3.05, 3.63) is 24.0 Å². The summed E-state index contributed by atoms with van der Waals surface area (Å²) in [6, 6.07) is 3.61. The molecule has 0 radical (unpaired) electrons. The van der Waals surface area contributed by atoms with Gasteiger partial charge in [0.05, 0.1) is 5.75 Å². The summed E-state index contributed by atoms with van der Waals surface area (Å²) in [5, 5.41) is 0. The summed E-state index contributed by atoms with van der Waals surface area (Å²) in [4.78, 5) is 30.9. The monoisotopic (exact) mass is 307 g/mol. The number of aromatic nitrogens is 1. The summed E-state index contributed by atoms with van der Waals surface area (Å²) in [5.41, 5.74) is 0.620. The van der Waals surface area contributed by atoms with Gasteiger partial charge in [-0.3, -0.25) is 9.59 Å². The number of nitrogens with one attached hydrogen (secondary N) is 1. The highest BCUT2D eigenvalue weighted by atomic mass is 32.2. The smallest absolute Gasteiger partial charge is 0.270 e. The van der Waals surface area contributed by atoms with E-state index in [0.29, 0.717) is 37.6 Å². The lowest BCUT2D eigenvalue weighted by atomic mass is 10.3. The molecule has 1 N–H and O–H groups in total. The molecule has 0 unspecified atom stereocenters. The van der Waals surface area contributed by atoms with Crippen molar-refractivity contribution in [3.63, 3.8) is 0 Å². The lowest BCUT2D eigenvalue weighted by Crippen LogP contribution is -2.51. The van der Waals surface area contributed by atoms with Gasteiger partial charge in [0.2, 0.25) is 5.91 Å². The Morgan fingerprint density at radius 1 is 1.19 bits per heavy atom. The van der Waals surface area contributed by atoms with Crippen LogP contribution < -0.4 is 0 Å². The van der Waals surface area contributed by atoms with Crippen molar-refractivity contribution in [2.45, 2.75) is 12.8 Å². The number of rotatable bonds is 5. The van der Waals surface area contributed by atoms with Gasteiger partial charge in [-0.1, -0.05) is 0 Å². The quantitative estimate of drug-likeness (QED) is 0.895. The van der Waals surface area contributed by atoms with E-state index in [9.17, 15) is 9.59 Å². The van der Waals surface area contributed by atoms with Gasteiger partial charge in [-0.2, -0.15) is 11.8 Å². The number of piperazine rings is 1. The molecule has 1 saturated carbocycles. The SMILES string of the molecule is O=C(CSCC1CC1)N1CCN(C(=O)c2ccc[nH]2)CC1. The lowest BCUT2D eigenvalue weighted by molar-refractivity contribution is -0.129. The standard InChI is InChI=1S/C15H21N3O2S/c19-14(11-21-10-12-3-4-12)17-6-8-18(9-7-17)15(20)13-2-1-5-16-13/h1-2,5,12,16H,3-4,6-11H2. The fourth-order valence-electron chi connectivity index (χ4n) is 2.48. The molecule has 2 heterocycles. The zero-order chi connectivity index (χ0) is 14.7. The molecule has 1 aromatic heterocycles. The number of H-pyrrole nitrogens is 1. The molecule has 0 aromatic carbocycles. The Balaban J connectivity index is 1.41. The first-order chi connectivity index (χ1) is 10.2. The van der Waals surface area contributed by atoms with Crippen LogP contribution in [-0.4, -0.2) is 64.3 Å². The maximum atomic E-state index is 12.2. The van der Waals surface area contributed by atoms with Crippen LogP contribution in [0.2, 0.25) is 0 Å². The summed E-state index contributed by atoms with van der Waals surface area (Å²) < 4.78 is 0. The van der Waals surface area contributed by atoms with Gasteiger partial charge in [-0.25, -0.2) is 0 Å². The highest BCUT2D eigenvalue weighted by molar-refractivity contribution is 7.99. The minimum atomic E-state index is 0.0233. The van der Waals surface area contributed by atoms with Crippen LogP contribution in [0.15, 0.2) is 18.3 Å². The molecular formula is C15H21N3O2S. The molecule has 21 heavy (non-hydrogen) atoms. The zero-order valence-corrected chi connectivity index (χ0v) is 12.9. The normalized spacial score (nSPS) is 18.9. The minimum Gasteiger partial charge on any atom is -0.357 e. The maximum Gasteiger partial charge on any atom is 0.270 e. The number of carbonyl (C=O) groups is 2. The third-order valence-corrected chi connectivity index (χ3v) is 5.18. The molecular weight excluding hydrogens is 286 g/mol. The maximum absolute atomic E-state index is 12.2. The molecule has 2 amide bonds. The topological polar surface area (TPSA) is 56.4 Å². The number of nitrogens with zero attached hydrogens (tertiary/aromatic N) is 2. The first kappa shape index (κ1) is 14.5. The summed E-state index contributed by atoms with van der Waals surface area (Å²) in [5.74, 6) is 2.80. The van der Waals surface area contributed by atoms with Crippen LogP contribution in [-0.2, 0) is 4.79 Å². The van der Waals surface area contributed by atoms with Crippen LogP contribution in [0.1, 0.15) is 23.3 Å². The summed E-state index contributed by atoms with van der Waals surface area (Å²) in [6.45, 7) is 2.54. The molecule has 2 fully saturated rings. The van der Waals surface area contributed by atoms with Crippen LogP contribution in [0.4, 0.5) is 0 Å². The number of thioether (sulfide) groups is 1. The Morgan fingerprint density at radius 2 is 1.90 bits per heavy atom. The predicted molar refractivity (Wildman–Crippen MR) is 83.3 cm³/mol.